The number of rotatable bonds is 3. The zero-order valence-corrected chi connectivity index (χ0v) is 11.0. The number of aryl methyl sites for hydroxylation is 1. The number of fused-ring (bicyclic) bond motifs is 1. The van der Waals surface area contributed by atoms with Gasteiger partial charge in [-0.25, -0.2) is 9.97 Å². The third kappa shape index (κ3) is 3.19. The largest absolute Gasteiger partial charge is 0.481 e. The maximum atomic E-state index is 12.7. The first-order valence-corrected chi connectivity index (χ1v) is 6.46. The van der Waals surface area contributed by atoms with E-state index in [2.05, 4.69) is 9.97 Å². The minimum Gasteiger partial charge on any atom is -0.481 e. The second kappa shape index (κ2) is 5.28. The van der Waals surface area contributed by atoms with Gasteiger partial charge in [0.15, 0.2) is 0 Å². The molecule has 0 saturated carbocycles. The van der Waals surface area contributed by atoms with Crippen LogP contribution >= 0.6 is 11.8 Å². The van der Waals surface area contributed by atoms with Gasteiger partial charge in [-0.3, -0.25) is 4.79 Å². The molecule has 0 atom stereocenters. The van der Waals surface area contributed by atoms with E-state index in [0.717, 1.165) is 17.3 Å². The highest BCUT2D eigenvalue weighted by Crippen LogP contribution is 2.32. The standard InChI is InChI=1S/C12H9F3N2O2S/c1-6-2-3-8-7(4-6)10(20-5-9(18)19)17-11(16-8)12(13,14)15/h2-4H,5H2,1H3,(H,18,19). The third-order valence-corrected chi connectivity index (χ3v) is 3.38. The van der Waals surface area contributed by atoms with Crippen molar-refractivity contribution in [1.82, 2.24) is 9.97 Å². The lowest BCUT2D eigenvalue weighted by molar-refractivity contribution is -0.145. The molecule has 0 spiro atoms. The van der Waals surface area contributed by atoms with Crippen LogP contribution in [0.15, 0.2) is 23.2 Å². The second-order valence-electron chi connectivity index (χ2n) is 4.05. The predicted octanol–water partition coefficient (Wildman–Crippen LogP) is 3.13. The van der Waals surface area contributed by atoms with E-state index in [0.29, 0.717) is 5.39 Å². The monoisotopic (exact) mass is 302 g/mol. The summed E-state index contributed by atoms with van der Waals surface area (Å²) in [5, 5.41) is 9.09. The van der Waals surface area contributed by atoms with Gasteiger partial charge in [-0.05, 0) is 19.1 Å². The van der Waals surface area contributed by atoms with Gasteiger partial charge in [0.05, 0.1) is 11.3 Å². The van der Waals surface area contributed by atoms with Gasteiger partial charge < -0.3 is 5.11 Å². The van der Waals surface area contributed by atoms with Crippen LogP contribution in [0.1, 0.15) is 11.4 Å². The molecule has 0 unspecified atom stereocenters. The number of thioether (sulfide) groups is 1. The van der Waals surface area contributed by atoms with E-state index in [1.807, 2.05) is 0 Å². The summed E-state index contributed by atoms with van der Waals surface area (Å²) in [5.74, 6) is -2.75. The van der Waals surface area contributed by atoms with Crippen LogP contribution in [0.3, 0.4) is 0 Å². The topological polar surface area (TPSA) is 63.1 Å². The molecular weight excluding hydrogens is 293 g/mol. The number of hydrogen-bond acceptors (Lipinski definition) is 4. The molecule has 1 heterocycles. The Balaban J connectivity index is 2.60. The van der Waals surface area contributed by atoms with E-state index in [9.17, 15) is 18.0 Å². The zero-order valence-electron chi connectivity index (χ0n) is 10.2. The van der Waals surface area contributed by atoms with Gasteiger partial charge in [-0.1, -0.05) is 23.4 Å². The van der Waals surface area contributed by atoms with E-state index in [-0.39, 0.29) is 16.3 Å². The van der Waals surface area contributed by atoms with E-state index < -0.39 is 18.0 Å². The van der Waals surface area contributed by atoms with Crippen molar-refractivity contribution in [3.05, 3.63) is 29.6 Å². The van der Waals surface area contributed by atoms with Crippen LogP contribution in [0, 0.1) is 6.92 Å². The molecule has 1 N–H and O–H groups in total. The summed E-state index contributed by atoms with van der Waals surface area (Å²) in [4.78, 5) is 17.5. The Labute approximate surface area is 116 Å². The van der Waals surface area contributed by atoms with Crippen LogP contribution < -0.4 is 0 Å². The number of benzene rings is 1. The average Bonchev–Trinajstić information content (AvgIpc) is 2.34. The highest BCUT2D eigenvalue weighted by Gasteiger charge is 2.35. The van der Waals surface area contributed by atoms with Crippen molar-refractivity contribution in [2.24, 2.45) is 0 Å². The maximum absolute atomic E-state index is 12.7. The number of aliphatic carboxylic acids is 1. The molecule has 2 aromatic rings. The molecule has 2 rings (SSSR count). The number of halogens is 3. The molecule has 0 radical (unpaired) electrons. The molecule has 8 heteroatoms. The number of carboxylic acid groups (broad SMARTS) is 1. The van der Waals surface area contributed by atoms with E-state index in [4.69, 9.17) is 5.11 Å². The van der Waals surface area contributed by atoms with Crippen LogP contribution in [0.2, 0.25) is 0 Å². The Bertz CT molecular complexity index is 674. The lowest BCUT2D eigenvalue weighted by Crippen LogP contribution is -2.12. The zero-order chi connectivity index (χ0) is 14.9. The van der Waals surface area contributed by atoms with Crippen molar-refractivity contribution in [2.75, 3.05) is 5.75 Å². The molecule has 1 aromatic carbocycles. The number of hydrogen-bond donors (Lipinski definition) is 1. The van der Waals surface area contributed by atoms with Crippen molar-refractivity contribution >= 4 is 28.6 Å². The number of carboxylic acids is 1. The van der Waals surface area contributed by atoms with Crippen molar-refractivity contribution in [3.63, 3.8) is 0 Å². The molecule has 20 heavy (non-hydrogen) atoms. The van der Waals surface area contributed by atoms with Crippen LogP contribution in [0.5, 0.6) is 0 Å². The van der Waals surface area contributed by atoms with E-state index in [1.54, 1.807) is 19.1 Å². The van der Waals surface area contributed by atoms with Crippen LogP contribution in [-0.2, 0) is 11.0 Å². The molecule has 0 bridgehead atoms. The van der Waals surface area contributed by atoms with Gasteiger partial charge in [0, 0.05) is 5.39 Å². The lowest BCUT2D eigenvalue weighted by atomic mass is 10.2. The highest BCUT2D eigenvalue weighted by molar-refractivity contribution is 8.00. The van der Waals surface area contributed by atoms with Gasteiger partial charge >= 0.3 is 12.1 Å². The van der Waals surface area contributed by atoms with Crippen LogP contribution in [-0.4, -0.2) is 26.8 Å². The van der Waals surface area contributed by atoms with Gasteiger partial charge in [0.25, 0.3) is 0 Å². The maximum Gasteiger partial charge on any atom is 0.451 e. The Morgan fingerprint density at radius 3 is 2.65 bits per heavy atom. The number of aromatic nitrogens is 2. The van der Waals surface area contributed by atoms with Crippen molar-refractivity contribution in [2.45, 2.75) is 18.1 Å². The number of carbonyl (C=O) groups is 1. The SMILES string of the molecule is Cc1ccc2nc(C(F)(F)F)nc(SCC(=O)O)c2c1. The Hall–Kier alpha value is -1.83. The van der Waals surface area contributed by atoms with Gasteiger partial charge in [0.2, 0.25) is 5.82 Å². The second-order valence-corrected chi connectivity index (χ2v) is 5.02. The normalized spacial score (nSPS) is 11.8. The Morgan fingerprint density at radius 2 is 2.05 bits per heavy atom. The fourth-order valence-electron chi connectivity index (χ4n) is 1.58. The molecule has 0 aliphatic heterocycles. The fraction of sp³-hybridized carbons (Fsp3) is 0.250. The molecule has 0 aliphatic carbocycles. The summed E-state index contributed by atoms with van der Waals surface area (Å²) in [6.07, 6.45) is -4.67. The third-order valence-electron chi connectivity index (χ3n) is 2.40. The number of alkyl halides is 3. The van der Waals surface area contributed by atoms with Crippen molar-refractivity contribution in [1.29, 1.82) is 0 Å². The molecule has 0 saturated heterocycles. The van der Waals surface area contributed by atoms with Crippen molar-refractivity contribution < 1.29 is 23.1 Å². The summed E-state index contributed by atoms with van der Waals surface area (Å²) >= 11 is 0.746. The minimum absolute atomic E-state index is 0.0217. The highest BCUT2D eigenvalue weighted by atomic mass is 32.2. The quantitative estimate of drug-likeness (QED) is 0.697. The first kappa shape index (κ1) is 14.6. The minimum atomic E-state index is -4.67. The van der Waals surface area contributed by atoms with Gasteiger partial charge in [-0.15, -0.1) is 0 Å². The van der Waals surface area contributed by atoms with E-state index in [1.165, 1.54) is 6.07 Å². The van der Waals surface area contributed by atoms with Crippen LogP contribution in [0.25, 0.3) is 10.9 Å². The molecular formula is C12H9F3N2O2S. The molecule has 0 fully saturated rings. The first-order valence-electron chi connectivity index (χ1n) is 5.47. The summed E-state index contributed by atoms with van der Waals surface area (Å²) < 4.78 is 38.2. The first-order chi connectivity index (χ1) is 9.27. The molecule has 106 valence electrons. The molecule has 4 nitrogen and oxygen atoms in total. The van der Waals surface area contributed by atoms with Gasteiger partial charge in [-0.2, -0.15) is 13.2 Å². The molecule has 0 aliphatic rings. The van der Waals surface area contributed by atoms with E-state index >= 15 is 0 Å². The molecule has 0 amide bonds. The smallest absolute Gasteiger partial charge is 0.451 e. The fourth-order valence-corrected chi connectivity index (χ4v) is 2.31. The van der Waals surface area contributed by atoms with Crippen molar-refractivity contribution in [3.8, 4) is 0 Å². The van der Waals surface area contributed by atoms with Gasteiger partial charge in [0.1, 0.15) is 5.03 Å². The summed E-state index contributed by atoms with van der Waals surface area (Å²) in [6.45, 7) is 1.78. The lowest BCUT2D eigenvalue weighted by Gasteiger charge is -2.10. The summed E-state index contributed by atoms with van der Waals surface area (Å²) in [6, 6.07) is 4.74. The molecule has 1 aromatic heterocycles. The average molecular weight is 302 g/mol. The Kier molecular flexibility index (Phi) is 3.85. The summed E-state index contributed by atoms with van der Waals surface area (Å²) in [7, 11) is 0. The van der Waals surface area contributed by atoms with Crippen LogP contribution in [0.4, 0.5) is 13.2 Å². The summed E-state index contributed by atoms with van der Waals surface area (Å²) in [5.41, 5.74) is 0.976. The Morgan fingerprint density at radius 1 is 1.35 bits per heavy atom. The number of nitrogens with zero attached hydrogens (tertiary/aromatic N) is 2. The predicted molar refractivity (Wildman–Crippen MR) is 67.6 cm³/mol.